The molecule has 1 saturated carbocycles. The molecular formula is C21H26O3. The van der Waals surface area contributed by atoms with Crippen LogP contribution in [0.3, 0.4) is 0 Å². The van der Waals surface area contributed by atoms with Gasteiger partial charge in [-0.25, -0.2) is 0 Å². The summed E-state index contributed by atoms with van der Waals surface area (Å²) in [5, 5.41) is 0. The first-order valence-corrected chi connectivity index (χ1v) is 8.76. The first-order chi connectivity index (χ1) is 11.5. The summed E-state index contributed by atoms with van der Waals surface area (Å²) in [7, 11) is 0. The smallest absolute Gasteiger partial charge is 0.312 e. The van der Waals surface area contributed by atoms with E-state index >= 15 is 0 Å². The summed E-state index contributed by atoms with van der Waals surface area (Å²) >= 11 is 0. The van der Waals surface area contributed by atoms with Crippen molar-refractivity contribution in [1.29, 1.82) is 0 Å². The predicted octanol–water partition coefficient (Wildman–Crippen LogP) is 3.99. The van der Waals surface area contributed by atoms with E-state index in [1.54, 1.807) is 0 Å². The number of esters is 1. The second kappa shape index (κ2) is 8.15. The monoisotopic (exact) mass is 326 g/mol. The second-order valence-corrected chi connectivity index (χ2v) is 6.74. The number of ether oxygens (including phenoxy) is 1. The van der Waals surface area contributed by atoms with Crippen LogP contribution in [0, 0.1) is 24.7 Å². The van der Waals surface area contributed by atoms with Crippen LogP contribution >= 0.6 is 0 Å². The highest BCUT2D eigenvalue weighted by Gasteiger charge is 2.42. The van der Waals surface area contributed by atoms with Crippen molar-refractivity contribution in [2.45, 2.75) is 58.8 Å². The molecule has 0 saturated heterocycles. The number of ketones is 1. The van der Waals surface area contributed by atoms with Gasteiger partial charge in [0.1, 0.15) is 5.78 Å². The SMILES string of the molecule is C#Cc1ccc(CC(=O)CC2(C(=O)OCC)CCCCC2)c(C)c1. The van der Waals surface area contributed by atoms with Crippen molar-refractivity contribution >= 4 is 11.8 Å². The lowest BCUT2D eigenvalue weighted by Gasteiger charge is -2.34. The van der Waals surface area contributed by atoms with Crippen LogP contribution in [-0.4, -0.2) is 18.4 Å². The van der Waals surface area contributed by atoms with Gasteiger partial charge in [0.15, 0.2) is 0 Å². The van der Waals surface area contributed by atoms with E-state index < -0.39 is 5.41 Å². The number of carbonyl (C=O) groups is 2. The van der Waals surface area contributed by atoms with Crippen LogP contribution in [0.1, 0.15) is 62.1 Å². The summed E-state index contributed by atoms with van der Waals surface area (Å²) in [5.41, 5.74) is 2.21. The molecule has 0 heterocycles. The quantitative estimate of drug-likeness (QED) is 0.586. The fraction of sp³-hybridized carbons (Fsp3) is 0.524. The summed E-state index contributed by atoms with van der Waals surface area (Å²) in [5.74, 6) is 2.50. The number of benzene rings is 1. The molecule has 2 rings (SSSR count). The summed E-state index contributed by atoms with van der Waals surface area (Å²) < 4.78 is 5.28. The van der Waals surface area contributed by atoms with E-state index in [1.807, 2.05) is 32.0 Å². The lowest BCUT2D eigenvalue weighted by molar-refractivity contribution is -0.159. The molecule has 1 aliphatic carbocycles. The Morgan fingerprint density at radius 3 is 2.54 bits per heavy atom. The topological polar surface area (TPSA) is 43.4 Å². The Labute approximate surface area is 144 Å². The van der Waals surface area contributed by atoms with Gasteiger partial charge < -0.3 is 4.74 Å². The molecule has 0 bridgehead atoms. The molecule has 1 aromatic carbocycles. The Balaban J connectivity index is 2.10. The Morgan fingerprint density at radius 1 is 1.25 bits per heavy atom. The van der Waals surface area contributed by atoms with E-state index in [9.17, 15) is 9.59 Å². The van der Waals surface area contributed by atoms with Gasteiger partial charge in [0.05, 0.1) is 12.0 Å². The number of Topliss-reactive ketones (excluding diaryl/α,β-unsaturated/α-hetero) is 1. The fourth-order valence-corrected chi connectivity index (χ4v) is 3.60. The molecule has 3 nitrogen and oxygen atoms in total. The summed E-state index contributed by atoms with van der Waals surface area (Å²) in [6.45, 7) is 4.14. The maximum absolute atomic E-state index is 12.7. The second-order valence-electron chi connectivity index (χ2n) is 6.74. The maximum Gasteiger partial charge on any atom is 0.312 e. The number of terminal acetylenes is 1. The first kappa shape index (κ1) is 18.3. The van der Waals surface area contributed by atoms with Crippen molar-refractivity contribution in [2.24, 2.45) is 5.41 Å². The third-order valence-electron chi connectivity index (χ3n) is 4.95. The van der Waals surface area contributed by atoms with Crippen molar-refractivity contribution < 1.29 is 14.3 Å². The third-order valence-corrected chi connectivity index (χ3v) is 4.95. The van der Waals surface area contributed by atoms with Crippen molar-refractivity contribution in [3.63, 3.8) is 0 Å². The lowest BCUT2D eigenvalue weighted by atomic mass is 9.70. The summed E-state index contributed by atoms with van der Waals surface area (Å²) in [4.78, 5) is 25.1. The van der Waals surface area contributed by atoms with Gasteiger partial charge in [-0.1, -0.05) is 31.2 Å². The molecule has 0 N–H and O–H groups in total. The highest BCUT2D eigenvalue weighted by molar-refractivity contribution is 5.88. The number of hydrogen-bond acceptors (Lipinski definition) is 3. The molecule has 0 unspecified atom stereocenters. The Hall–Kier alpha value is -2.08. The zero-order valence-corrected chi connectivity index (χ0v) is 14.7. The fourth-order valence-electron chi connectivity index (χ4n) is 3.60. The van der Waals surface area contributed by atoms with E-state index in [0.717, 1.165) is 48.8 Å². The van der Waals surface area contributed by atoms with Gasteiger partial charge in [0, 0.05) is 18.4 Å². The van der Waals surface area contributed by atoms with E-state index in [4.69, 9.17) is 11.2 Å². The van der Waals surface area contributed by atoms with Crippen LogP contribution in [-0.2, 0) is 20.7 Å². The minimum absolute atomic E-state index is 0.0986. The van der Waals surface area contributed by atoms with Crippen LogP contribution in [0.25, 0.3) is 0 Å². The zero-order chi connectivity index (χ0) is 17.6. The lowest BCUT2D eigenvalue weighted by Crippen LogP contribution is -2.37. The molecule has 1 aliphatic rings. The van der Waals surface area contributed by atoms with Gasteiger partial charge in [-0.05, 0) is 49.9 Å². The first-order valence-electron chi connectivity index (χ1n) is 8.76. The average molecular weight is 326 g/mol. The van der Waals surface area contributed by atoms with Crippen LogP contribution in [0.5, 0.6) is 0 Å². The zero-order valence-electron chi connectivity index (χ0n) is 14.7. The van der Waals surface area contributed by atoms with Crippen LogP contribution in [0.2, 0.25) is 0 Å². The summed E-state index contributed by atoms with van der Waals surface area (Å²) in [6, 6.07) is 5.70. The maximum atomic E-state index is 12.7. The molecule has 1 aromatic rings. The summed E-state index contributed by atoms with van der Waals surface area (Å²) in [6.07, 6.45) is 10.6. The molecule has 0 aliphatic heterocycles. The van der Waals surface area contributed by atoms with E-state index in [0.29, 0.717) is 13.0 Å². The molecule has 0 amide bonds. The molecule has 0 spiro atoms. The normalized spacial score (nSPS) is 16.2. The predicted molar refractivity (Wildman–Crippen MR) is 94.6 cm³/mol. The van der Waals surface area contributed by atoms with E-state index in [2.05, 4.69) is 5.92 Å². The van der Waals surface area contributed by atoms with Gasteiger partial charge in [0.2, 0.25) is 0 Å². The minimum atomic E-state index is -0.613. The average Bonchev–Trinajstić information content (AvgIpc) is 2.57. The van der Waals surface area contributed by atoms with Gasteiger partial charge in [-0.3, -0.25) is 9.59 Å². The highest BCUT2D eigenvalue weighted by atomic mass is 16.5. The number of hydrogen-bond donors (Lipinski definition) is 0. The molecule has 0 radical (unpaired) electrons. The van der Waals surface area contributed by atoms with Gasteiger partial charge in [-0.15, -0.1) is 6.42 Å². The highest BCUT2D eigenvalue weighted by Crippen LogP contribution is 2.41. The molecule has 0 atom stereocenters. The molecular weight excluding hydrogens is 300 g/mol. The van der Waals surface area contributed by atoms with Crippen molar-refractivity contribution in [3.8, 4) is 12.3 Å². The minimum Gasteiger partial charge on any atom is -0.466 e. The molecule has 1 fully saturated rings. The molecule has 0 aromatic heterocycles. The van der Waals surface area contributed by atoms with Crippen molar-refractivity contribution in [1.82, 2.24) is 0 Å². The molecule has 24 heavy (non-hydrogen) atoms. The van der Waals surface area contributed by atoms with E-state index in [1.165, 1.54) is 0 Å². The van der Waals surface area contributed by atoms with Crippen molar-refractivity contribution in [2.75, 3.05) is 6.61 Å². The number of carbonyl (C=O) groups excluding carboxylic acids is 2. The van der Waals surface area contributed by atoms with Gasteiger partial charge in [-0.2, -0.15) is 0 Å². The van der Waals surface area contributed by atoms with E-state index in [-0.39, 0.29) is 18.2 Å². The van der Waals surface area contributed by atoms with Gasteiger partial charge >= 0.3 is 5.97 Å². The number of aryl methyl sites for hydroxylation is 1. The van der Waals surface area contributed by atoms with Crippen LogP contribution in [0.4, 0.5) is 0 Å². The largest absolute Gasteiger partial charge is 0.466 e. The van der Waals surface area contributed by atoms with Crippen LogP contribution in [0.15, 0.2) is 18.2 Å². The van der Waals surface area contributed by atoms with Crippen LogP contribution < -0.4 is 0 Å². The number of rotatable bonds is 6. The van der Waals surface area contributed by atoms with Gasteiger partial charge in [0.25, 0.3) is 0 Å². The molecule has 3 heteroatoms. The Bertz CT molecular complexity index is 646. The third kappa shape index (κ3) is 4.26. The Kier molecular flexibility index (Phi) is 6.20. The van der Waals surface area contributed by atoms with Crippen molar-refractivity contribution in [3.05, 3.63) is 34.9 Å². The standard InChI is InChI=1S/C21H26O3/c1-4-17-9-10-18(16(3)13-17)14-19(22)15-21(20(23)24-5-2)11-7-6-8-12-21/h1,9-10,13H,5-8,11-12,14-15H2,2-3H3. The Morgan fingerprint density at radius 2 is 1.96 bits per heavy atom. The molecule has 128 valence electrons.